The van der Waals surface area contributed by atoms with Gasteiger partial charge in [0.2, 0.25) is 0 Å². The number of halogens is 2. The molecule has 0 saturated heterocycles. The number of esters is 1. The third-order valence-corrected chi connectivity index (χ3v) is 7.83. The number of benzene rings is 1. The molecule has 2 aromatic rings. The van der Waals surface area contributed by atoms with Crippen LogP contribution in [0.3, 0.4) is 0 Å². The van der Waals surface area contributed by atoms with Gasteiger partial charge in [-0.25, -0.2) is 23.5 Å². The van der Waals surface area contributed by atoms with Gasteiger partial charge < -0.3 is 9.47 Å². The maximum Gasteiger partial charge on any atom is 0.340 e. The van der Waals surface area contributed by atoms with Crippen LogP contribution < -0.4 is 4.74 Å². The van der Waals surface area contributed by atoms with E-state index >= 15 is 0 Å². The molecule has 1 aromatic heterocycles. The summed E-state index contributed by atoms with van der Waals surface area (Å²) in [4.78, 5) is 20.8. The Bertz CT molecular complexity index is 994. The van der Waals surface area contributed by atoms with E-state index in [-0.39, 0.29) is 24.2 Å². The zero-order valence-electron chi connectivity index (χ0n) is 24.5. The van der Waals surface area contributed by atoms with Crippen molar-refractivity contribution in [3.8, 4) is 17.1 Å². The van der Waals surface area contributed by atoms with Gasteiger partial charge >= 0.3 is 5.97 Å². The summed E-state index contributed by atoms with van der Waals surface area (Å²) in [5, 5.41) is 0. The standard InChI is InChI=1S/C33H48F2N2O3/c1-3-5-7-8-9-10-11-12-13-26-22-36-32(37-23-26)27-17-20-31(30(35)21-27)39-24-25-15-18-28(19-16-25)40-33(38)29(34)14-6-4-2/h17,20-23,25,28-29H,3-16,18-19,24H2,1-2H3/t25?,28?,29-/m0/s1. The van der Waals surface area contributed by atoms with Crippen molar-refractivity contribution in [3.63, 3.8) is 0 Å². The van der Waals surface area contributed by atoms with Crippen molar-refractivity contribution >= 4 is 5.97 Å². The summed E-state index contributed by atoms with van der Waals surface area (Å²) in [5.74, 6) is -0.222. The minimum Gasteiger partial charge on any atom is -0.490 e. The summed E-state index contributed by atoms with van der Waals surface area (Å²) in [7, 11) is 0. The fourth-order valence-electron chi connectivity index (χ4n) is 5.22. The average molecular weight is 559 g/mol. The topological polar surface area (TPSA) is 61.3 Å². The number of carbonyl (C=O) groups is 1. The van der Waals surface area contributed by atoms with Crippen LogP contribution in [0.5, 0.6) is 5.75 Å². The van der Waals surface area contributed by atoms with Crippen LogP contribution in [0.25, 0.3) is 11.4 Å². The predicted molar refractivity (Wildman–Crippen MR) is 155 cm³/mol. The molecule has 0 N–H and O–H groups in total. The summed E-state index contributed by atoms with van der Waals surface area (Å²) in [6.07, 6.45) is 17.9. The molecule has 0 radical (unpaired) electrons. The van der Waals surface area contributed by atoms with Gasteiger partial charge in [-0.15, -0.1) is 0 Å². The molecule has 222 valence electrons. The van der Waals surface area contributed by atoms with Crippen LogP contribution in [-0.4, -0.2) is 34.8 Å². The second kappa shape index (κ2) is 18.0. The third kappa shape index (κ3) is 11.1. The van der Waals surface area contributed by atoms with Gasteiger partial charge in [0.25, 0.3) is 0 Å². The van der Waals surface area contributed by atoms with E-state index in [2.05, 4.69) is 16.9 Å². The highest BCUT2D eigenvalue weighted by atomic mass is 19.1. The van der Waals surface area contributed by atoms with Crippen LogP contribution in [-0.2, 0) is 16.0 Å². The van der Waals surface area contributed by atoms with E-state index in [1.807, 2.05) is 19.3 Å². The normalized spacial score (nSPS) is 17.9. The highest BCUT2D eigenvalue weighted by Crippen LogP contribution is 2.29. The summed E-state index contributed by atoms with van der Waals surface area (Å²) in [6, 6.07) is 4.84. The van der Waals surface area contributed by atoms with Crippen molar-refractivity contribution in [3.05, 3.63) is 42.0 Å². The van der Waals surface area contributed by atoms with Gasteiger partial charge in [0.15, 0.2) is 23.6 Å². The average Bonchev–Trinajstić information content (AvgIpc) is 2.97. The lowest BCUT2D eigenvalue weighted by molar-refractivity contribution is -0.157. The number of hydrogen-bond acceptors (Lipinski definition) is 5. The van der Waals surface area contributed by atoms with Gasteiger partial charge in [0, 0.05) is 18.0 Å². The molecule has 40 heavy (non-hydrogen) atoms. The molecule has 0 amide bonds. The summed E-state index contributed by atoms with van der Waals surface area (Å²) in [5.41, 5.74) is 1.73. The van der Waals surface area contributed by atoms with Gasteiger partial charge in [-0.2, -0.15) is 0 Å². The number of aryl methyl sites for hydroxylation is 1. The van der Waals surface area contributed by atoms with E-state index in [4.69, 9.17) is 9.47 Å². The monoisotopic (exact) mass is 558 g/mol. The van der Waals surface area contributed by atoms with Crippen molar-refractivity contribution in [2.24, 2.45) is 5.92 Å². The zero-order valence-corrected chi connectivity index (χ0v) is 24.5. The Morgan fingerprint density at radius 2 is 1.57 bits per heavy atom. The first kappa shape index (κ1) is 32.0. The fraction of sp³-hybridized carbons (Fsp3) is 0.667. The zero-order chi connectivity index (χ0) is 28.6. The molecule has 1 saturated carbocycles. The smallest absolute Gasteiger partial charge is 0.340 e. The van der Waals surface area contributed by atoms with Crippen molar-refractivity contribution < 1.29 is 23.0 Å². The fourth-order valence-corrected chi connectivity index (χ4v) is 5.22. The number of hydrogen-bond donors (Lipinski definition) is 0. The minimum absolute atomic E-state index is 0.208. The number of unbranched alkanes of at least 4 members (excludes halogenated alkanes) is 8. The molecular weight excluding hydrogens is 510 g/mol. The largest absolute Gasteiger partial charge is 0.490 e. The van der Waals surface area contributed by atoms with Crippen molar-refractivity contribution in [2.45, 2.75) is 129 Å². The van der Waals surface area contributed by atoms with Crippen molar-refractivity contribution in [1.82, 2.24) is 9.97 Å². The molecule has 3 rings (SSSR count). The Hall–Kier alpha value is -2.57. The molecule has 0 spiro atoms. The maximum absolute atomic E-state index is 14.8. The second-order valence-electron chi connectivity index (χ2n) is 11.3. The van der Waals surface area contributed by atoms with Gasteiger partial charge in [-0.05, 0) is 74.6 Å². The Labute approximate surface area is 239 Å². The lowest BCUT2D eigenvalue weighted by Crippen LogP contribution is -2.30. The third-order valence-electron chi connectivity index (χ3n) is 7.83. The molecule has 7 heteroatoms. The molecule has 1 aromatic carbocycles. The molecule has 5 nitrogen and oxygen atoms in total. The van der Waals surface area contributed by atoms with Crippen molar-refractivity contribution in [2.75, 3.05) is 6.61 Å². The first-order valence-electron chi connectivity index (χ1n) is 15.6. The Balaban J connectivity index is 1.37. The Kier molecular flexibility index (Phi) is 14.4. The van der Waals surface area contributed by atoms with Gasteiger partial charge in [-0.3, -0.25) is 0 Å². The Morgan fingerprint density at radius 3 is 2.23 bits per heavy atom. The number of ether oxygens (including phenoxy) is 2. The first-order valence-corrected chi connectivity index (χ1v) is 15.6. The molecule has 1 fully saturated rings. The molecule has 0 bridgehead atoms. The van der Waals surface area contributed by atoms with Crippen LogP contribution in [0.1, 0.15) is 116 Å². The van der Waals surface area contributed by atoms with Crippen LogP contribution in [0.2, 0.25) is 0 Å². The van der Waals surface area contributed by atoms with E-state index in [1.165, 1.54) is 51.0 Å². The summed E-state index contributed by atoms with van der Waals surface area (Å²) < 4.78 is 39.8. The highest BCUT2D eigenvalue weighted by molar-refractivity contribution is 5.74. The van der Waals surface area contributed by atoms with E-state index in [0.29, 0.717) is 37.3 Å². The molecule has 0 aliphatic heterocycles. The molecule has 0 unspecified atom stereocenters. The molecule has 1 atom stereocenters. The number of nitrogens with zero attached hydrogens (tertiary/aromatic N) is 2. The maximum atomic E-state index is 14.8. The summed E-state index contributed by atoms with van der Waals surface area (Å²) >= 11 is 0. The van der Waals surface area contributed by atoms with Gasteiger partial charge in [0.1, 0.15) is 6.10 Å². The molecule has 1 aliphatic carbocycles. The number of rotatable bonds is 18. The molecule has 1 aliphatic rings. The molecular formula is C33H48F2N2O3. The van der Waals surface area contributed by atoms with Crippen LogP contribution in [0.4, 0.5) is 8.78 Å². The van der Waals surface area contributed by atoms with Gasteiger partial charge in [0.05, 0.1) is 6.61 Å². The van der Waals surface area contributed by atoms with E-state index in [1.54, 1.807) is 12.1 Å². The minimum atomic E-state index is -1.53. The number of aromatic nitrogens is 2. The Morgan fingerprint density at radius 1 is 0.925 bits per heavy atom. The number of carbonyl (C=O) groups excluding carboxylic acids is 1. The van der Waals surface area contributed by atoms with E-state index < -0.39 is 18.0 Å². The van der Waals surface area contributed by atoms with E-state index in [9.17, 15) is 13.6 Å². The molecule has 1 heterocycles. The quantitative estimate of drug-likeness (QED) is 0.135. The lowest BCUT2D eigenvalue weighted by Gasteiger charge is -2.28. The van der Waals surface area contributed by atoms with Gasteiger partial charge in [-0.1, -0.05) is 71.6 Å². The van der Waals surface area contributed by atoms with Crippen LogP contribution in [0, 0.1) is 11.7 Å². The van der Waals surface area contributed by atoms with Crippen LogP contribution in [0.15, 0.2) is 30.6 Å². The number of alkyl halides is 1. The van der Waals surface area contributed by atoms with E-state index in [0.717, 1.165) is 37.7 Å². The van der Waals surface area contributed by atoms with Crippen LogP contribution >= 0.6 is 0 Å². The second-order valence-corrected chi connectivity index (χ2v) is 11.3. The van der Waals surface area contributed by atoms with Crippen molar-refractivity contribution in [1.29, 1.82) is 0 Å². The predicted octanol–water partition coefficient (Wildman–Crippen LogP) is 8.98. The lowest BCUT2D eigenvalue weighted by atomic mass is 9.88. The highest BCUT2D eigenvalue weighted by Gasteiger charge is 2.27. The first-order chi connectivity index (χ1) is 19.5. The summed E-state index contributed by atoms with van der Waals surface area (Å²) in [6.45, 7) is 4.60. The SMILES string of the molecule is CCCCCCCCCCc1cnc(-c2ccc(OCC3CCC(OC(=O)[C@@H](F)CCCC)CC3)c(F)c2)nc1.